The molecule has 5 heteroatoms. The first-order chi connectivity index (χ1) is 11.4. The third kappa shape index (κ3) is 2.19. The van der Waals surface area contributed by atoms with Crippen molar-refractivity contribution in [2.75, 3.05) is 6.54 Å². The van der Waals surface area contributed by atoms with Crippen LogP contribution in [0.25, 0.3) is 0 Å². The van der Waals surface area contributed by atoms with E-state index >= 15 is 0 Å². The third-order valence-corrected chi connectivity index (χ3v) is 4.86. The molecular weight excluding hydrogens is 309 g/mol. The molecule has 0 aromatic heterocycles. The number of amides is 1. The number of fused-ring (bicyclic) bond motifs is 1. The van der Waals surface area contributed by atoms with E-state index in [4.69, 9.17) is 0 Å². The fraction of sp³-hybridized carbons (Fsp3) is 0.263. The molecule has 4 nitrogen and oxygen atoms in total. The number of halogens is 1. The van der Waals surface area contributed by atoms with Crippen molar-refractivity contribution in [1.29, 1.82) is 0 Å². The van der Waals surface area contributed by atoms with Gasteiger partial charge in [0.25, 0.3) is 5.91 Å². The van der Waals surface area contributed by atoms with Crippen LogP contribution < -0.4 is 0 Å². The van der Waals surface area contributed by atoms with Crippen LogP contribution in [0.1, 0.15) is 41.3 Å². The second kappa shape index (κ2) is 5.74. The molecule has 24 heavy (non-hydrogen) atoms. The van der Waals surface area contributed by atoms with Crippen LogP contribution in [-0.4, -0.2) is 28.4 Å². The quantitative estimate of drug-likeness (QED) is 0.940. The van der Waals surface area contributed by atoms with Crippen molar-refractivity contribution in [2.45, 2.75) is 25.3 Å². The molecule has 3 rings (SSSR count). The van der Waals surface area contributed by atoms with Crippen LogP contribution in [0.2, 0.25) is 0 Å². The molecule has 1 amide bonds. The minimum atomic E-state index is -1.10. The first-order valence-electron chi connectivity index (χ1n) is 7.81. The molecule has 124 valence electrons. The Labute approximate surface area is 139 Å². The number of aliphatic carboxylic acids is 1. The van der Waals surface area contributed by atoms with Gasteiger partial charge in [-0.05, 0) is 43.2 Å². The molecule has 0 saturated heterocycles. The van der Waals surface area contributed by atoms with Crippen molar-refractivity contribution < 1.29 is 19.1 Å². The van der Waals surface area contributed by atoms with E-state index in [-0.39, 0.29) is 5.91 Å². The van der Waals surface area contributed by atoms with Crippen molar-refractivity contribution in [1.82, 2.24) is 4.90 Å². The average Bonchev–Trinajstić information content (AvgIpc) is 2.55. The molecule has 0 bridgehead atoms. The fourth-order valence-electron chi connectivity index (χ4n) is 3.71. The molecule has 1 N–H and O–H groups in total. The predicted octanol–water partition coefficient (Wildman–Crippen LogP) is 3.39. The van der Waals surface area contributed by atoms with Gasteiger partial charge in [0.1, 0.15) is 11.7 Å². The lowest BCUT2D eigenvalue weighted by molar-refractivity contribution is -0.143. The largest absolute Gasteiger partial charge is 0.481 e. The molecule has 0 saturated carbocycles. The van der Waals surface area contributed by atoms with Crippen LogP contribution in [-0.2, 0) is 10.3 Å². The van der Waals surface area contributed by atoms with Gasteiger partial charge in [0.15, 0.2) is 0 Å². The maximum Gasteiger partial charge on any atom is 0.313 e. The highest BCUT2D eigenvalue weighted by Gasteiger charge is 2.52. The molecule has 1 aliphatic rings. The second-order valence-electron chi connectivity index (χ2n) is 6.06. The molecule has 1 heterocycles. The molecule has 0 radical (unpaired) electrons. The van der Waals surface area contributed by atoms with Crippen molar-refractivity contribution in [2.24, 2.45) is 0 Å². The predicted molar refractivity (Wildman–Crippen MR) is 87.3 cm³/mol. The van der Waals surface area contributed by atoms with Gasteiger partial charge in [-0.25, -0.2) is 4.39 Å². The fourth-order valence-corrected chi connectivity index (χ4v) is 3.71. The zero-order valence-corrected chi connectivity index (χ0v) is 13.5. The first-order valence-corrected chi connectivity index (χ1v) is 7.81. The van der Waals surface area contributed by atoms with Crippen molar-refractivity contribution in [3.05, 3.63) is 71.0 Å². The summed E-state index contributed by atoms with van der Waals surface area (Å²) in [6.07, 6.45) is 0. The van der Waals surface area contributed by atoms with Crippen molar-refractivity contribution in [3.63, 3.8) is 0 Å². The Morgan fingerprint density at radius 3 is 2.42 bits per heavy atom. The Bertz CT molecular complexity index is 803. The third-order valence-electron chi connectivity index (χ3n) is 4.86. The SMILES string of the molecule is CCN1C(=O)c2ccccc2C(C(=O)O)C1(C)c1ccc(F)cc1. The Morgan fingerprint density at radius 2 is 1.83 bits per heavy atom. The summed E-state index contributed by atoms with van der Waals surface area (Å²) in [7, 11) is 0. The number of carboxylic acids is 1. The molecule has 0 aliphatic carbocycles. The summed E-state index contributed by atoms with van der Waals surface area (Å²) >= 11 is 0. The van der Waals surface area contributed by atoms with Gasteiger partial charge in [-0.15, -0.1) is 0 Å². The molecule has 2 unspecified atom stereocenters. The zero-order chi connectivity index (χ0) is 17.5. The second-order valence-corrected chi connectivity index (χ2v) is 6.06. The molecule has 0 fully saturated rings. The average molecular weight is 327 g/mol. The lowest BCUT2D eigenvalue weighted by atomic mass is 9.70. The van der Waals surface area contributed by atoms with Gasteiger partial charge in [-0.2, -0.15) is 0 Å². The van der Waals surface area contributed by atoms with Crippen LogP contribution >= 0.6 is 0 Å². The maximum absolute atomic E-state index is 13.3. The molecule has 1 aliphatic heterocycles. The number of nitrogens with zero attached hydrogens (tertiary/aromatic N) is 1. The molecule has 2 aromatic rings. The summed E-state index contributed by atoms with van der Waals surface area (Å²) in [6, 6.07) is 12.5. The Hall–Kier alpha value is -2.69. The van der Waals surface area contributed by atoms with E-state index in [1.807, 2.05) is 6.92 Å². The highest BCUT2D eigenvalue weighted by molar-refractivity contribution is 6.01. The molecule has 2 atom stereocenters. The van der Waals surface area contributed by atoms with E-state index in [9.17, 15) is 19.1 Å². The smallest absolute Gasteiger partial charge is 0.313 e. The summed E-state index contributed by atoms with van der Waals surface area (Å²) in [4.78, 5) is 26.6. The van der Waals surface area contributed by atoms with Crippen molar-refractivity contribution in [3.8, 4) is 0 Å². The van der Waals surface area contributed by atoms with Crippen LogP contribution in [0.4, 0.5) is 4.39 Å². The number of likely N-dealkylation sites (N-methyl/N-ethyl adjacent to an activating group) is 1. The number of carbonyl (C=O) groups is 2. The molecular formula is C19H18FNO3. The van der Waals surface area contributed by atoms with E-state index < -0.39 is 23.2 Å². The van der Waals surface area contributed by atoms with E-state index in [1.54, 1.807) is 48.2 Å². The number of hydrogen-bond donors (Lipinski definition) is 1. The number of carbonyl (C=O) groups excluding carboxylic acids is 1. The summed E-state index contributed by atoms with van der Waals surface area (Å²) in [5, 5.41) is 9.92. The van der Waals surface area contributed by atoms with Gasteiger partial charge in [0, 0.05) is 12.1 Å². The lowest BCUT2D eigenvalue weighted by Gasteiger charge is -2.49. The van der Waals surface area contributed by atoms with E-state index in [0.29, 0.717) is 23.2 Å². The summed E-state index contributed by atoms with van der Waals surface area (Å²) < 4.78 is 13.3. The minimum absolute atomic E-state index is 0.211. The maximum atomic E-state index is 13.3. The topological polar surface area (TPSA) is 57.6 Å². The Kier molecular flexibility index (Phi) is 3.87. The van der Waals surface area contributed by atoms with Crippen molar-refractivity contribution >= 4 is 11.9 Å². The Balaban J connectivity index is 2.30. The van der Waals surface area contributed by atoms with E-state index in [0.717, 1.165) is 0 Å². The molecule has 2 aromatic carbocycles. The lowest BCUT2D eigenvalue weighted by Crippen LogP contribution is -2.56. The van der Waals surface area contributed by atoms with Gasteiger partial charge in [-0.1, -0.05) is 30.3 Å². The minimum Gasteiger partial charge on any atom is -0.481 e. The van der Waals surface area contributed by atoms with Gasteiger partial charge < -0.3 is 10.0 Å². The normalized spacial score (nSPS) is 23.0. The van der Waals surface area contributed by atoms with Crippen LogP contribution in [0, 0.1) is 5.82 Å². The summed E-state index contributed by atoms with van der Waals surface area (Å²) in [5.41, 5.74) is 0.401. The number of hydrogen-bond acceptors (Lipinski definition) is 2. The highest BCUT2D eigenvalue weighted by Crippen LogP contribution is 2.47. The van der Waals surface area contributed by atoms with Crippen LogP contribution in [0.15, 0.2) is 48.5 Å². The zero-order valence-electron chi connectivity index (χ0n) is 13.5. The van der Waals surface area contributed by atoms with Gasteiger partial charge in [0.2, 0.25) is 0 Å². The monoisotopic (exact) mass is 327 g/mol. The first kappa shape index (κ1) is 16.2. The van der Waals surface area contributed by atoms with Gasteiger partial charge in [-0.3, -0.25) is 9.59 Å². The number of carboxylic acid groups (broad SMARTS) is 1. The Morgan fingerprint density at radius 1 is 1.21 bits per heavy atom. The number of benzene rings is 2. The summed E-state index contributed by atoms with van der Waals surface area (Å²) in [5.74, 6) is -2.56. The van der Waals surface area contributed by atoms with Gasteiger partial charge in [0.05, 0.1) is 5.54 Å². The van der Waals surface area contributed by atoms with Crippen LogP contribution in [0.3, 0.4) is 0 Å². The van der Waals surface area contributed by atoms with Crippen LogP contribution in [0.5, 0.6) is 0 Å². The summed E-state index contributed by atoms with van der Waals surface area (Å²) in [6.45, 7) is 3.90. The molecule has 0 spiro atoms. The van der Waals surface area contributed by atoms with E-state index in [2.05, 4.69) is 0 Å². The number of rotatable bonds is 3. The van der Waals surface area contributed by atoms with E-state index in [1.165, 1.54) is 12.1 Å². The highest BCUT2D eigenvalue weighted by atomic mass is 19.1. The van der Waals surface area contributed by atoms with Gasteiger partial charge >= 0.3 is 5.97 Å². The standard InChI is InChI=1S/C19H18FNO3/c1-3-21-17(22)15-7-5-4-6-14(15)16(18(23)24)19(21,2)12-8-10-13(20)11-9-12/h4-11,16H,3H2,1-2H3,(H,23,24).